The zero-order valence-electron chi connectivity index (χ0n) is 13.8. The fourth-order valence-corrected chi connectivity index (χ4v) is 3.26. The highest BCUT2D eigenvalue weighted by molar-refractivity contribution is 5.93. The van der Waals surface area contributed by atoms with E-state index >= 15 is 0 Å². The SMILES string of the molecule is O=C1OC(N(Cc2ccccc2)Cc2ccccc2)c2ccccc21. The Morgan fingerprint density at radius 1 is 0.720 bits per heavy atom. The smallest absolute Gasteiger partial charge is 0.340 e. The van der Waals surface area contributed by atoms with Crippen LogP contribution >= 0.6 is 0 Å². The van der Waals surface area contributed by atoms with E-state index in [1.165, 1.54) is 11.1 Å². The van der Waals surface area contributed by atoms with Crippen molar-refractivity contribution in [3.8, 4) is 0 Å². The number of hydrogen-bond acceptors (Lipinski definition) is 3. The molecule has 3 aromatic rings. The minimum atomic E-state index is -0.357. The van der Waals surface area contributed by atoms with Crippen LogP contribution in [0.3, 0.4) is 0 Å². The minimum absolute atomic E-state index is 0.244. The van der Waals surface area contributed by atoms with Crippen molar-refractivity contribution < 1.29 is 9.53 Å². The molecule has 0 amide bonds. The second-order valence-corrected chi connectivity index (χ2v) is 6.22. The molecule has 124 valence electrons. The molecule has 1 aliphatic rings. The van der Waals surface area contributed by atoms with E-state index in [0.717, 1.165) is 5.56 Å². The second kappa shape index (κ2) is 6.91. The van der Waals surface area contributed by atoms with E-state index in [1.807, 2.05) is 60.7 Å². The van der Waals surface area contributed by atoms with Gasteiger partial charge in [-0.25, -0.2) is 4.79 Å². The average Bonchev–Trinajstić information content (AvgIpc) is 3.00. The molecule has 3 aromatic carbocycles. The molecule has 1 atom stereocenters. The summed E-state index contributed by atoms with van der Waals surface area (Å²) in [5.41, 5.74) is 4.00. The molecule has 0 bridgehead atoms. The maximum Gasteiger partial charge on any atom is 0.340 e. The van der Waals surface area contributed by atoms with Gasteiger partial charge in [0, 0.05) is 18.7 Å². The number of ether oxygens (including phenoxy) is 1. The maximum absolute atomic E-state index is 12.2. The van der Waals surface area contributed by atoms with E-state index in [1.54, 1.807) is 0 Å². The van der Waals surface area contributed by atoms with Crippen molar-refractivity contribution in [3.63, 3.8) is 0 Å². The molecule has 0 saturated heterocycles. The molecule has 4 rings (SSSR count). The van der Waals surface area contributed by atoms with Gasteiger partial charge < -0.3 is 4.74 Å². The first-order chi connectivity index (χ1) is 12.3. The molecule has 0 N–H and O–H groups in total. The van der Waals surface area contributed by atoms with Crippen LogP contribution in [0.4, 0.5) is 0 Å². The molecule has 0 aliphatic carbocycles. The first-order valence-electron chi connectivity index (χ1n) is 8.43. The van der Waals surface area contributed by atoms with E-state index in [2.05, 4.69) is 29.2 Å². The number of benzene rings is 3. The van der Waals surface area contributed by atoms with Crippen LogP contribution in [0, 0.1) is 0 Å². The zero-order chi connectivity index (χ0) is 17.1. The number of fused-ring (bicyclic) bond motifs is 1. The first kappa shape index (κ1) is 15.6. The van der Waals surface area contributed by atoms with Gasteiger partial charge in [-0.3, -0.25) is 4.90 Å². The summed E-state index contributed by atoms with van der Waals surface area (Å²) < 4.78 is 5.73. The van der Waals surface area contributed by atoms with Gasteiger partial charge >= 0.3 is 5.97 Å². The Balaban J connectivity index is 1.67. The number of nitrogens with zero attached hydrogens (tertiary/aromatic N) is 1. The van der Waals surface area contributed by atoms with Crippen LogP contribution < -0.4 is 0 Å². The monoisotopic (exact) mass is 329 g/mol. The molecule has 0 radical (unpaired) electrons. The van der Waals surface area contributed by atoms with Gasteiger partial charge in [-0.05, 0) is 17.2 Å². The molecule has 3 heteroatoms. The standard InChI is InChI=1S/C22H19NO2/c24-22-20-14-8-7-13-19(20)21(25-22)23(15-17-9-3-1-4-10-17)16-18-11-5-2-6-12-18/h1-14,21H,15-16H2. The van der Waals surface area contributed by atoms with E-state index in [4.69, 9.17) is 4.74 Å². The molecule has 0 saturated carbocycles. The quantitative estimate of drug-likeness (QED) is 0.643. The lowest BCUT2D eigenvalue weighted by Gasteiger charge is -2.28. The van der Waals surface area contributed by atoms with Crippen molar-refractivity contribution in [2.75, 3.05) is 0 Å². The zero-order valence-corrected chi connectivity index (χ0v) is 13.8. The Kier molecular flexibility index (Phi) is 4.32. The Hall–Kier alpha value is -2.91. The Labute approximate surface area is 147 Å². The average molecular weight is 329 g/mol. The van der Waals surface area contributed by atoms with Gasteiger partial charge in [0.2, 0.25) is 0 Å². The third-order valence-electron chi connectivity index (χ3n) is 4.45. The topological polar surface area (TPSA) is 29.5 Å². The number of carbonyl (C=O) groups excluding carboxylic acids is 1. The lowest BCUT2D eigenvalue weighted by atomic mass is 10.1. The molecule has 25 heavy (non-hydrogen) atoms. The van der Waals surface area contributed by atoms with Gasteiger partial charge in [0.1, 0.15) is 0 Å². The molecule has 1 aliphatic heterocycles. The molecule has 0 aromatic heterocycles. The number of rotatable bonds is 5. The summed E-state index contributed by atoms with van der Waals surface area (Å²) in [6.45, 7) is 1.42. The molecule has 0 spiro atoms. The van der Waals surface area contributed by atoms with Gasteiger partial charge in [0.25, 0.3) is 0 Å². The summed E-state index contributed by atoms with van der Waals surface area (Å²) in [4.78, 5) is 14.4. The van der Waals surface area contributed by atoms with Crippen LogP contribution in [0.5, 0.6) is 0 Å². The van der Waals surface area contributed by atoms with Gasteiger partial charge in [-0.15, -0.1) is 0 Å². The number of hydrogen-bond donors (Lipinski definition) is 0. The first-order valence-corrected chi connectivity index (χ1v) is 8.43. The van der Waals surface area contributed by atoms with Gasteiger partial charge in [0.15, 0.2) is 6.23 Å². The summed E-state index contributed by atoms with van der Waals surface area (Å²) in [6, 6.07) is 28.2. The van der Waals surface area contributed by atoms with E-state index in [-0.39, 0.29) is 12.2 Å². The highest BCUT2D eigenvalue weighted by Gasteiger charge is 2.34. The highest BCUT2D eigenvalue weighted by Crippen LogP contribution is 2.35. The van der Waals surface area contributed by atoms with Crippen LogP contribution in [0.25, 0.3) is 0 Å². The summed E-state index contributed by atoms with van der Waals surface area (Å²) >= 11 is 0. The van der Waals surface area contributed by atoms with Crippen molar-refractivity contribution >= 4 is 5.97 Å². The summed E-state index contributed by atoms with van der Waals surface area (Å²) in [5, 5.41) is 0. The van der Waals surface area contributed by atoms with Crippen LogP contribution in [-0.2, 0) is 17.8 Å². The Morgan fingerprint density at radius 3 is 1.84 bits per heavy atom. The highest BCUT2D eigenvalue weighted by atomic mass is 16.6. The second-order valence-electron chi connectivity index (χ2n) is 6.22. The summed E-state index contributed by atoms with van der Waals surface area (Å²) in [7, 11) is 0. The number of cyclic esters (lactones) is 1. The largest absolute Gasteiger partial charge is 0.438 e. The molecule has 0 fully saturated rings. The predicted octanol–water partition coefficient (Wildman–Crippen LogP) is 4.56. The van der Waals surface area contributed by atoms with Crippen molar-refractivity contribution in [2.45, 2.75) is 19.3 Å². The van der Waals surface area contributed by atoms with Crippen molar-refractivity contribution in [1.82, 2.24) is 4.90 Å². The molecule has 1 unspecified atom stereocenters. The van der Waals surface area contributed by atoms with Crippen LogP contribution in [0.1, 0.15) is 33.3 Å². The lowest BCUT2D eigenvalue weighted by Crippen LogP contribution is -2.28. The van der Waals surface area contributed by atoms with E-state index < -0.39 is 0 Å². The van der Waals surface area contributed by atoms with Crippen LogP contribution in [0.2, 0.25) is 0 Å². The third-order valence-corrected chi connectivity index (χ3v) is 4.45. The fraction of sp³-hybridized carbons (Fsp3) is 0.136. The van der Waals surface area contributed by atoms with E-state index in [0.29, 0.717) is 18.7 Å². The molecule has 3 nitrogen and oxygen atoms in total. The van der Waals surface area contributed by atoms with Gasteiger partial charge in [0.05, 0.1) is 5.56 Å². The normalized spacial score (nSPS) is 15.9. The lowest BCUT2D eigenvalue weighted by molar-refractivity contribution is -0.0311. The van der Waals surface area contributed by atoms with Gasteiger partial charge in [-0.2, -0.15) is 0 Å². The fourth-order valence-electron chi connectivity index (χ4n) is 3.26. The Morgan fingerprint density at radius 2 is 1.24 bits per heavy atom. The predicted molar refractivity (Wildman–Crippen MR) is 96.7 cm³/mol. The van der Waals surface area contributed by atoms with E-state index in [9.17, 15) is 4.79 Å². The van der Waals surface area contributed by atoms with Crippen LogP contribution in [0.15, 0.2) is 84.9 Å². The molecule has 1 heterocycles. The third kappa shape index (κ3) is 3.32. The van der Waals surface area contributed by atoms with Gasteiger partial charge in [-0.1, -0.05) is 78.9 Å². The summed E-state index contributed by atoms with van der Waals surface area (Å²) in [6.07, 6.45) is -0.357. The number of carbonyl (C=O) groups is 1. The summed E-state index contributed by atoms with van der Waals surface area (Å²) in [5.74, 6) is -0.244. The maximum atomic E-state index is 12.2. The van der Waals surface area contributed by atoms with Crippen molar-refractivity contribution in [1.29, 1.82) is 0 Å². The van der Waals surface area contributed by atoms with Crippen molar-refractivity contribution in [3.05, 3.63) is 107 Å². The minimum Gasteiger partial charge on any atom is -0.438 e. The number of esters is 1. The molecular weight excluding hydrogens is 310 g/mol. The Bertz CT molecular complexity index is 820. The van der Waals surface area contributed by atoms with Crippen LogP contribution in [-0.4, -0.2) is 10.9 Å². The van der Waals surface area contributed by atoms with Crippen molar-refractivity contribution in [2.24, 2.45) is 0 Å². The molecular formula is C22H19NO2.